The van der Waals surface area contributed by atoms with E-state index in [4.69, 9.17) is 0 Å². The van der Waals surface area contributed by atoms with E-state index in [1.54, 1.807) is 28.9 Å². The third-order valence-electron chi connectivity index (χ3n) is 6.74. The van der Waals surface area contributed by atoms with E-state index >= 15 is 0 Å². The van der Waals surface area contributed by atoms with Gasteiger partial charge in [-0.2, -0.15) is 0 Å². The normalized spacial score (nSPS) is 17.5. The lowest BCUT2D eigenvalue weighted by Gasteiger charge is -2.27. The Morgan fingerprint density at radius 3 is 2.73 bits per heavy atom. The fourth-order valence-corrected chi connectivity index (χ4v) is 5.67. The maximum atomic E-state index is 12.8. The first-order valence-corrected chi connectivity index (χ1v) is 13.0. The van der Waals surface area contributed by atoms with Crippen LogP contribution in [-0.4, -0.2) is 60.7 Å². The molecular formula is C25H33F2N7O2S. The van der Waals surface area contributed by atoms with Gasteiger partial charge >= 0.3 is 0 Å². The van der Waals surface area contributed by atoms with Crippen molar-refractivity contribution < 1.29 is 18.7 Å². The number of amides is 1. The van der Waals surface area contributed by atoms with Gasteiger partial charge in [0.2, 0.25) is 6.41 Å². The summed E-state index contributed by atoms with van der Waals surface area (Å²) in [6, 6.07) is 5.94. The van der Waals surface area contributed by atoms with Crippen molar-refractivity contribution in [3.8, 4) is 0 Å². The zero-order chi connectivity index (χ0) is 26.5. The van der Waals surface area contributed by atoms with Gasteiger partial charge in [-0.1, -0.05) is 6.07 Å². The lowest BCUT2D eigenvalue weighted by Crippen LogP contribution is -2.29. The first-order valence-electron chi connectivity index (χ1n) is 12.2. The molecular weight excluding hydrogens is 500 g/mol. The van der Waals surface area contributed by atoms with Gasteiger partial charge < -0.3 is 24.5 Å². The second-order valence-corrected chi connectivity index (χ2v) is 10.3. The number of β-amino-alcohol motifs (C(OH)–C–C–N with tert-alkyl or cyclic N) is 1. The highest BCUT2D eigenvalue weighted by Gasteiger charge is 2.25. The number of alkyl halides is 2. The predicted octanol–water partition coefficient (Wildman–Crippen LogP) is 3.20. The molecule has 1 fully saturated rings. The number of aryl methyl sites for hydroxylation is 1. The van der Waals surface area contributed by atoms with E-state index in [2.05, 4.69) is 51.1 Å². The molecule has 3 aromatic heterocycles. The summed E-state index contributed by atoms with van der Waals surface area (Å²) in [5.74, 6) is 0.745. The number of nitrogens with zero attached hydrogens (tertiary/aromatic N) is 6. The van der Waals surface area contributed by atoms with Crippen molar-refractivity contribution in [3.05, 3.63) is 59.1 Å². The smallest absolute Gasteiger partial charge is 0.295 e. The topological polar surface area (TPSA) is 91.5 Å². The number of hydrogen-bond donors (Lipinski definition) is 2. The van der Waals surface area contributed by atoms with Gasteiger partial charge in [-0.15, -0.1) is 0 Å². The molecule has 1 amide bonds. The number of rotatable bonds is 7. The Hall–Kier alpha value is -2.96. The summed E-state index contributed by atoms with van der Waals surface area (Å²) in [6.45, 7) is 8.01. The molecule has 3 aromatic rings. The first kappa shape index (κ1) is 27.1. The number of pyridine rings is 1. The average molecular weight is 534 g/mol. The SMILES string of the molecule is Cc1cc(SN2CCn3c(cnc3C(F)F)C2)c(C)n1C.O=CNCc1cccnc1N1CCC(O)C1. The number of aliphatic hydroxyl groups excluding tert-OH is 1. The summed E-state index contributed by atoms with van der Waals surface area (Å²) >= 11 is 1.69. The van der Waals surface area contributed by atoms with Crippen molar-refractivity contribution in [3.63, 3.8) is 0 Å². The van der Waals surface area contributed by atoms with Crippen molar-refractivity contribution in [1.82, 2.24) is 28.7 Å². The summed E-state index contributed by atoms with van der Waals surface area (Å²) in [4.78, 5) is 21.7. The molecule has 0 aliphatic carbocycles. The van der Waals surface area contributed by atoms with Crippen LogP contribution in [0.2, 0.25) is 0 Å². The van der Waals surface area contributed by atoms with Crippen molar-refractivity contribution in [2.45, 2.75) is 57.3 Å². The molecule has 0 aromatic carbocycles. The Kier molecular flexibility index (Phi) is 8.83. The lowest BCUT2D eigenvalue weighted by molar-refractivity contribution is -0.109. The fraction of sp³-hybridized carbons (Fsp3) is 0.480. The van der Waals surface area contributed by atoms with Gasteiger partial charge in [-0.25, -0.2) is 23.1 Å². The quantitative estimate of drug-likeness (QED) is 0.356. The fourth-order valence-electron chi connectivity index (χ4n) is 4.53. The molecule has 1 unspecified atom stereocenters. The van der Waals surface area contributed by atoms with Crippen LogP contribution < -0.4 is 10.2 Å². The molecule has 9 nitrogen and oxygen atoms in total. The number of aliphatic hydroxyl groups is 1. The number of imidazole rings is 1. The highest BCUT2D eigenvalue weighted by Crippen LogP contribution is 2.32. The first-order chi connectivity index (χ1) is 17.8. The second-order valence-electron chi connectivity index (χ2n) is 9.18. The van der Waals surface area contributed by atoms with Crippen LogP contribution in [0, 0.1) is 13.8 Å². The van der Waals surface area contributed by atoms with E-state index in [-0.39, 0.29) is 11.9 Å². The Bertz CT molecular complexity index is 1220. The summed E-state index contributed by atoms with van der Waals surface area (Å²) in [5, 5.41) is 12.1. The van der Waals surface area contributed by atoms with Gasteiger partial charge in [0, 0.05) is 67.8 Å². The Labute approximate surface area is 219 Å². The van der Waals surface area contributed by atoms with Gasteiger partial charge in [0.25, 0.3) is 6.43 Å². The number of halogens is 2. The van der Waals surface area contributed by atoms with Crippen molar-refractivity contribution in [2.75, 3.05) is 24.5 Å². The highest BCUT2D eigenvalue weighted by atomic mass is 32.2. The summed E-state index contributed by atoms with van der Waals surface area (Å²) in [5.41, 5.74) is 4.28. The Balaban J connectivity index is 0.000000180. The minimum atomic E-state index is -2.50. The molecule has 5 heterocycles. The van der Waals surface area contributed by atoms with Crippen LogP contribution in [-0.2, 0) is 31.5 Å². The average Bonchev–Trinajstić information content (AvgIpc) is 3.58. The molecule has 0 saturated carbocycles. The van der Waals surface area contributed by atoms with Crippen LogP contribution >= 0.6 is 11.9 Å². The van der Waals surface area contributed by atoms with E-state index in [0.29, 0.717) is 32.6 Å². The maximum Gasteiger partial charge on any atom is 0.295 e. The van der Waals surface area contributed by atoms with Gasteiger partial charge in [-0.3, -0.25) is 4.79 Å². The number of aromatic nitrogens is 4. The number of hydrogen-bond acceptors (Lipinski definition) is 7. The lowest BCUT2D eigenvalue weighted by atomic mass is 10.2. The third-order valence-corrected chi connectivity index (χ3v) is 7.92. The second kappa shape index (κ2) is 12.1. The van der Waals surface area contributed by atoms with E-state index in [0.717, 1.165) is 36.6 Å². The minimum absolute atomic E-state index is 0.110. The van der Waals surface area contributed by atoms with E-state index in [1.165, 1.54) is 16.3 Å². The van der Waals surface area contributed by atoms with Crippen LogP contribution in [0.4, 0.5) is 14.6 Å². The molecule has 2 aliphatic rings. The Morgan fingerprint density at radius 2 is 2.08 bits per heavy atom. The number of fused-ring (bicyclic) bond motifs is 1. The van der Waals surface area contributed by atoms with Gasteiger partial charge in [0.05, 0.1) is 24.5 Å². The van der Waals surface area contributed by atoms with Crippen LogP contribution in [0.15, 0.2) is 35.5 Å². The van der Waals surface area contributed by atoms with E-state index < -0.39 is 6.43 Å². The van der Waals surface area contributed by atoms with Crippen LogP contribution in [0.3, 0.4) is 0 Å². The number of carbonyl (C=O) groups excluding carboxylic acids is 1. The van der Waals surface area contributed by atoms with Crippen molar-refractivity contribution >= 4 is 24.2 Å². The zero-order valence-electron chi connectivity index (χ0n) is 21.3. The summed E-state index contributed by atoms with van der Waals surface area (Å²) < 4.78 is 31.7. The summed E-state index contributed by atoms with van der Waals surface area (Å²) in [6.07, 6.45) is 1.97. The maximum absolute atomic E-state index is 12.8. The molecule has 1 atom stereocenters. The van der Waals surface area contributed by atoms with Gasteiger partial charge in [-0.05, 0) is 44.3 Å². The number of nitrogens with one attached hydrogen (secondary N) is 1. The molecule has 0 bridgehead atoms. The largest absolute Gasteiger partial charge is 0.391 e. The minimum Gasteiger partial charge on any atom is -0.391 e. The molecule has 200 valence electrons. The molecule has 2 aliphatic heterocycles. The number of anilines is 1. The molecule has 2 N–H and O–H groups in total. The predicted molar refractivity (Wildman–Crippen MR) is 138 cm³/mol. The van der Waals surface area contributed by atoms with Crippen LogP contribution in [0.5, 0.6) is 0 Å². The standard InChI is InChI=1S/C14H18F2N4S.C11H15N3O2/c1-9-6-12(10(2)18(9)3)21-19-4-5-20-11(8-19)7-17-14(20)13(15)16;15-8-12-6-9-2-1-4-13-11(9)14-5-3-10(16)7-14/h6-7,13H,4-5,8H2,1-3H3;1-2,4,8,10,16H,3,5-7H2,(H,12,15). The van der Waals surface area contributed by atoms with Crippen LogP contribution in [0.1, 0.15) is 41.3 Å². The van der Waals surface area contributed by atoms with Crippen LogP contribution in [0.25, 0.3) is 0 Å². The third kappa shape index (κ3) is 6.31. The van der Waals surface area contributed by atoms with E-state index in [9.17, 15) is 18.7 Å². The van der Waals surface area contributed by atoms with Crippen molar-refractivity contribution in [1.29, 1.82) is 0 Å². The molecule has 0 spiro atoms. The van der Waals surface area contributed by atoms with Crippen molar-refractivity contribution in [2.24, 2.45) is 7.05 Å². The Morgan fingerprint density at radius 1 is 1.27 bits per heavy atom. The van der Waals surface area contributed by atoms with Gasteiger partial charge in [0.1, 0.15) is 5.82 Å². The molecule has 37 heavy (non-hydrogen) atoms. The van der Waals surface area contributed by atoms with Gasteiger partial charge in [0.15, 0.2) is 5.82 Å². The molecule has 1 saturated heterocycles. The number of carbonyl (C=O) groups is 1. The molecule has 0 radical (unpaired) electrons. The zero-order valence-corrected chi connectivity index (χ0v) is 22.1. The monoisotopic (exact) mass is 533 g/mol. The summed E-state index contributed by atoms with van der Waals surface area (Å²) in [7, 11) is 2.05. The molecule has 12 heteroatoms. The highest BCUT2D eigenvalue weighted by molar-refractivity contribution is 7.97. The molecule has 5 rings (SSSR count). The van der Waals surface area contributed by atoms with E-state index in [1.807, 2.05) is 17.0 Å².